The van der Waals surface area contributed by atoms with Gasteiger partial charge < -0.3 is 18.9 Å². The molecule has 0 amide bonds. The Kier molecular flexibility index (Phi) is 16.4. The van der Waals surface area contributed by atoms with E-state index in [0.29, 0.717) is 20.0 Å². The van der Waals surface area contributed by atoms with Crippen molar-refractivity contribution in [3.63, 3.8) is 0 Å². The molecule has 0 heterocycles. The maximum absolute atomic E-state index is 5.86. The second-order valence-corrected chi connectivity index (χ2v) is 8.43. The number of ether oxygens (including phenoxy) is 4. The van der Waals surface area contributed by atoms with Crippen molar-refractivity contribution in [3.8, 4) is 0 Å². The van der Waals surface area contributed by atoms with Crippen LogP contribution in [-0.2, 0) is 18.9 Å². The minimum atomic E-state index is 0.127. The Morgan fingerprint density at radius 1 is 0.696 bits per heavy atom. The predicted octanol–water partition coefficient (Wildman–Crippen LogP) is 4.07. The third-order valence-corrected chi connectivity index (χ3v) is 4.75. The summed E-state index contributed by atoms with van der Waals surface area (Å²) in [5, 5.41) is 0. The molecule has 4 nitrogen and oxygen atoms in total. The molecule has 0 aromatic rings. The van der Waals surface area contributed by atoms with Gasteiger partial charge in [-0.1, -0.05) is 13.8 Å². The van der Waals surface area contributed by atoms with E-state index in [-0.39, 0.29) is 24.4 Å². The van der Waals surface area contributed by atoms with Gasteiger partial charge in [-0.05, 0) is 39.2 Å². The summed E-state index contributed by atoms with van der Waals surface area (Å²) in [6.07, 6.45) is 0.692. The molecule has 0 aromatic heterocycles. The Balaban J connectivity index is 3.90. The summed E-state index contributed by atoms with van der Waals surface area (Å²) in [7, 11) is 0. The SMILES string of the molecule is CCSCC(COCOCC(CSCC)OC(C)C)OC(C)C. The van der Waals surface area contributed by atoms with Crippen LogP contribution in [0.4, 0.5) is 0 Å². The lowest BCUT2D eigenvalue weighted by Crippen LogP contribution is -2.29. The normalized spacial score (nSPS) is 14.6. The molecule has 0 spiro atoms. The third kappa shape index (κ3) is 15.8. The van der Waals surface area contributed by atoms with Crippen LogP contribution in [0, 0.1) is 0 Å². The molecule has 0 fully saturated rings. The maximum Gasteiger partial charge on any atom is 0.146 e. The Morgan fingerprint density at radius 3 is 1.39 bits per heavy atom. The van der Waals surface area contributed by atoms with E-state index >= 15 is 0 Å². The first-order valence-electron chi connectivity index (χ1n) is 8.61. The zero-order chi connectivity index (χ0) is 17.5. The molecular weight excluding hydrogens is 332 g/mol. The average Bonchev–Trinajstić information content (AvgIpc) is 2.48. The summed E-state index contributed by atoms with van der Waals surface area (Å²) in [6.45, 7) is 14.0. The molecular formula is C17H36O4S2. The lowest BCUT2D eigenvalue weighted by atomic mass is 10.4. The van der Waals surface area contributed by atoms with E-state index in [1.165, 1.54) is 0 Å². The Morgan fingerprint density at radius 2 is 1.09 bits per heavy atom. The standard InChI is InChI=1S/C17H36O4S2/c1-7-22-11-16(20-14(3)4)9-18-13-19-10-17(12-23-8-2)21-15(5)6/h14-17H,7-13H2,1-6H3. The highest BCUT2D eigenvalue weighted by atomic mass is 32.2. The van der Waals surface area contributed by atoms with Crippen molar-refractivity contribution in [2.75, 3.05) is 43.0 Å². The summed E-state index contributed by atoms with van der Waals surface area (Å²) in [6, 6.07) is 0. The molecule has 0 aromatic carbocycles. The number of hydrogen-bond donors (Lipinski definition) is 0. The van der Waals surface area contributed by atoms with Gasteiger partial charge in [-0.2, -0.15) is 23.5 Å². The number of hydrogen-bond acceptors (Lipinski definition) is 6. The van der Waals surface area contributed by atoms with Crippen LogP contribution in [0.15, 0.2) is 0 Å². The predicted molar refractivity (Wildman–Crippen MR) is 103 cm³/mol. The first-order chi connectivity index (χ1) is 11.0. The maximum atomic E-state index is 5.86. The van der Waals surface area contributed by atoms with Gasteiger partial charge in [0.05, 0.1) is 37.6 Å². The number of rotatable bonds is 16. The molecule has 0 saturated carbocycles. The highest BCUT2D eigenvalue weighted by Crippen LogP contribution is 2.10. The van der Waals surface area contributed by atoms with Crippen molar-refractivity contribution in [2.45, 2.75) is 66.0 Å². The highest BCUT2D eigenvalue weighted by molar-refractivity contribution is 7.99. The van der Waals surface area contributed by atoms with Crippen LogP contribution < -0.4 is 0 Å². The van der Waals surface area contributed by atoms with Crippen molar-refractivity contribution in [1.29, 1.82) is 0 Å². The lowest BCUT2D eigenvalue weighted by molar-refractivity contribution is -0.119. The Labute approximate surface area is 151 Å². The molecule has 2 unspecified atom stereocenters. The molecule has 23 heavy (non-hydrogen) atoms. The van der Waals surface area contributed by atoms with Gasteiger partial charge in [0.1, 0.15) is 6.79 Å². The molecule has 0 radical (unpaired) electrons. The van der Waals surface area contributed by atoms with Gasteiger partial charge in [0.2, 0.25) is 0 Å². The Bertz CT molecular complexity index is 229. The van der Waals surface area contributed by atoms with E-state index < -0.39 is 0 Å². The highest BCUT2D eigenvalue weighted by Gasteiger charge is 2.13. The second kappa shape index (κ2) is 16.0. The van der Waals surface area contributed by atoms with E-state index in [9.17, 15) is 0 Å². The lowest BCUT2D eigenvalue weighted by Gasteiger charge is -2.22. The van der Waals surface area contributed by atoms with E-state index in [1.54, 1.807) is 0 Å². The monoisotopic (exact) mass is 368 g/mol. The van der Waals surface area contributed by atoms with Gasteiger partial charge >= 0.3 is 0 Å². The van der Waals surface area contributed by atoms with Crippen LogP contribution in [0.25, 0.3) is 0 Å². The first kappa shape index (κ1) is 23.5. The van der Waals surface area contributed by atoms with Crippen LogP contribution in [0.2, 0.25) is 0 Å². The fourth-order valence-electron chi connectivity index (χ4n) is 1.94. The fraction of sp³-hybridized carbons (Fsp3) is 1.00. The molecule has 0 rings (SSSR count). The van der Waals surface area contributed by atoms with Gasteiger partial charge in [0.15, 0.2) is 0 Å². The molecule has 2 atom stereocenters. The largest absolute Gasteiger partial charge is 0.372 e. The summed E-state index contributed by atoms with van der Waals surface area (Å²) < 4.78 is 23.0. The second-order valence-electron chi connectivity index (χ2n) is 5.79. The zero-order valence-corrected chi connectivity index (χ0v) is 17.3. The first-order valence-corrected chi connectivity index (χ1v) is 10.9. The van der Waals surface area contributed by atoms with Crippen molar-refractivity contribution >= 4 is 23.5 Å². The van der Waals surface area contributed by atoms with Crippen molar-refractivity contribution < 1.29 is 18.9 Å². The fourth-order valence-corrected chi connectivity index (χ4v) is 3.29. The van der Waals surface area contributed by atoms with Gasteiger partial charge in [0, 0.05) is 11.5 Å². The smallest absolute Gasteiger partial charge is 0.146 e. The number of thioether (sulfide) groups is 2. The van der Waals surface area contributed by atoms with Crippen molar-refractivity contribution in [2.24, 2.45) is 0 Å². The minimum Gasteiger partial charge on any atom is -0.372 e. The molecule has 6 heteroatoms. The molecule has 0 bridgehead atoms. The zero-order valence-electron chi connectivity index (χ0n) is 15.7. The van der Waals surface area contributed by atoms with E-state index in [0.717, 1.165) is 23.0 Å². The molecule has 0 aliphatic rings. The quantitative estimate of drug-likeness (QED) is 0.302. The molecule has 0 N–H and O–H groups in total. The molecule has 0 saturated heterocycles. The molecule has 140 valence electrons. The van der Waals surface area contributed by atoms with E-state index in [4.69, 9.17) is 18.9 Å². The van der Waals surface area contributed by atoms with E-state index in [1.807, 2.05) is 23.5 Å². The topological polar surface area (TPSA) is 36.9 Å². The van der Waals surface area contributed by atoms with Crippen LogP contribution in [-0.4, -0.2) is 67.4 Å². The Hall–Kier alpha value is 0.540. The summed E-state index contributed by atoms with van der Waals surface area (Å²) in [4.78, 5) is 0. The minimum absolute atomic E-state index is 0.127. The van der Waals surface area contributed by atoms with Gasteiger partial charge in [0.25, 0.3) is 0 Å². The summed E-state index contributed by atoms with van der Waals surface area (Å²) in [5.41, 5.74) is 0. The van der Waals surface area contributed by atoms with Gasteiger partial charge in [-0.15, -0.1) is 0 Å². The van der Waals surface area contributed by atoms with Crippen molar-refractivity contribution in [3.05, 3.63) is 0 Å². The van der Waals surface area contributed by atoms with Gasteiger partial charge in [-0.25, -0.2) is 0 Å². The van der Waals surface area contributed by atoms with Crippen LogP contribution >= 0.6 is 23.5 Å². The summed E-state index contributed by atoms with van der Waals surface area (Å²) >= 11 is 3.75. The van der Waals surface area contributed by atoms with E-state index in [2.05, 4.69) is 41.5 Å². The van der Waals surface area contributed by atoms with Crippen LogP contribution in [0.1, 0.15) is 41.5 Å². The van der Waals surface area contributed by atoms with Gasteiger partial charge in [-0.3, -0.25) is 0 Å². The third-order valence-electron chi connectivity index (χ3n) is 2.72. The summed E-state index contributed by atoms with van der Waals surface area (Å²) in [5.74, 6) is 4.11. The van der Waals surface area contributed by atoms with Crippen molar-refractivity contribution in [1.82, 2.24) is 0 Å². The molecule has 0 aliphatic carbocycles. The van der Waals surface area contributed by atoms with Crippen LogP contribution in [0.3, 0.4) is 0 Å². The average molecular weight is 369 g/mol. The molecule has 0 aliphatic heterocycles. The van der Waals surface area contributed by atoms with Crippen LogP contribution in [0.5, 0.6) is 0 Å².